The Labute approximate surface area is 180 Å². The van der Waals surface area contributed by atoms with Crippen molar-refractivity contribution in [3.8, 4) is 0 Å². The molecule has 30 heavy (non-hydrogen) atoms. The van der Waals surface area contributed by atoms with Crippen LogP contribution in [-0.2, 0) is 11.3 Å². The minimum atomic E-state index is -0.627. The van der Waals surface area contributed by atoms with E-state index in [-0.39, 0.29) is 24.1 Å². The van der Waals surface area contributed by atoms with E-state index in [9.17, 15) is 8.78 Å². The van der Waals surface area contributed by atoms with Gasteiger partial charge in [0.25, 0.3) is 0 Å². The molecule has 0 aromatic heterocycles. The number of rotatable bonds is 7. The van der Waals surface area contributed by atoms with Crippen LogP contribution in [0.5, 0.6) is 0 Å². The summed E-state index contributed by atoms with van der Waals surface area (Å²) in [6, 6.07) is 7.59. The quantitative estimate of drug-likeness (QED) is 0.462. The fourth-order valence-electron chi connectivity index (χ4n) is 3.92. The van der Waals surface area contributed by atoms with Crippen LogP contribution in [-0.4, -0.2) is 5.60 Å². The van der Waals surface area contributed by atoms with E-state index in [0.29, 0.717) is 29.5 Å². The Morgan fingerprint density at radius 3 is 2.33 bits per heavy atom. The van der Waals surface area contributed by atoms with Gasteiger partial charge in [0.1, 0.15) is 11.6 Å². The number of anilines is 3. The summed E-state index contributed by atoms with van der Waals surface area (Å²) in [5, 5.41) is 3.11. The molecule has 0 saturated heterocycles. The molecule has 1 fully saturated rings. The molecule has 0 atom stereocenters. The van der Waals surface area contributed by atoms with Gasteiger partial charge < -0.3 is 15.8 Å². The molecule has 0 spiro atoms. The minimum Gasteiger partial charge on any atom is -0.399 e. The predicted molar refractivity (Wildman–Crippen MR) is 122 cm³/mol. The maximum absolute atomic E-state index is 14.3. The van der Waals surface area contributed by atoms with Crippen LogP contribution in [0, 0.1) is 29.9 Å². The number of halogens is 2. The standard InChI is InChI=1S/C24H32F2N2O.CH4/c1-15-11-18(25)13-20(26)22(15)28-21-10-9-19(27)12-16(21)14-29-24(4,5)23(2,3)17-7-6-8-17;/h9-13,17,28H,6-8,14,27H2,1-5H3;1H4. The smallest absolute Gasteiger partial charge is 0.149 e. The average molecular weight is 419 g/mol. The van der Waals surface area contributed by atoms with Crippen molar-refractivity contribution >= 4 is 17.1 Å². The monoisotopic (exact) mass is 418 g/mol. The first kappa shape index (κ1) is 24.1. The summed E-state index contributed by atoms with van der Waals surface area (Å²) >= 11 is 0. The Morgan fingerprint density at radius 2 is 1.77 bits per heavy atom. The van der Waals surface area contributed by atoms with Crippen molar-refractivity contribution in [1.82, 2.24) is 0 Å². The zero-order chi connectivity index (χ0) is 21.4. The number of nitrogen functional groups attached to an aromatic ring is 1. The fraction of sp³-hybridized carbons (Fsp3) is 0.520. The summed E-state index contributed by atoms with van der Waals surface area (Å²) in [6.07, 6.45) is 3.78. The molecule has 3 N–H and O–H groups in total. The third-order valence-electron chi connectivity index (χ3n) is 6.91. The van der Waals surface area contributed by atoms with Gasteiger partial charge in [-0.2, -0.15) is 0 Å². The Kier molecular flexibility index (Phi) is 7.18. The van der Waals surface area contributed by atoms with E-state index < -0.39 is 11.6 Å². The zero-order valence-electron chi connectivity index (χ0n) is 18.0. The van der Waals surface area contributed by atoms with Crippen molar-refractivity contribution in [2.45, 2.75) is 73.5 Å². The van der Waals surface area contributed by atoms with Crippen molar-refractivity contribution in [1.29, 1.82) is 0 Å². The Bertz CT molecular complexity index is 866. The summed E-state index contributed by atoms with van der Waals surface area (Å²) in [5.41, 5.74) is 8.61. The number of aryl methyl sites for hydroxylation is 1. The summed E-state index contributed by atoms with van der Waals surface area (Å²) in [4.78, 5) is 0. The molecule has 0 bridgehead atoms. The third-order valence-corrected chi connectivity index (χ3v) is 6.91. The van der Waals surface area contributed by atoms with Gasteiger partial charge in [0.05, 0.1) is 17.9 Å². The number of nitrogens with one attached hydrogen (secondary N) is 1. The van der Waals surface area contributed by atoms with Crippen LogP contribution >= 0.6 is 0 Å². The van der Waals surface area contributed by atoms with Crippen LogP contribution in [0.2, 0.25) is 0 Å². The molecular weight excluding hydrogens is 382 g/mol. The van der Waals surface area contributed by atoms with Gasteiger partial charge >= 0.3 is 0 Å². The lowest BCUT2D eigenvalue weighted by Crippen LogP contribution is -2.48. The summed E-state index contributed by atoms with van der Waals surface area (Å²) in [5.74, 6) is -0.559. The van der Waals surface area contributed by atoms with E-state index in [4.69, 9.17) is 10.5 Å². The molecular formula is C25H36F2N2O. The van der Waals surface area contributed by atoms with E-state index in [0.717, 1.165) is 11.6 Å². The van der Waals surface area contributed by atoms with Crippen LogP contribution in [0.25, 0.3) is 0 Å². The van der Waals surface area contributed by atoms with Crippen LogP contribution in [0.3, 0.4) is 0 Å². The van der Waals surface area contributed by atoms with Crippen LogP contribution < -0.4 is 11.1 Å². The Balaban J connectivity index is 0.00000320. The van der Waals surface area contributed by atoms with Crippen LogP contribution in [0.15, 0.2) is 30.3 Å². The molecule has 0 heterocycles. The second-order valence-electron chi connectivity index (χ2n) is 9.27. The molecule has 166 valence electrons. The largest absolute Gasteiger partial charge is 0.399 e. The maximum Gasteiger partial charge on any atom is 0.149 e. The van der Waals surface area contributed by atoms with E-state index in [1.165, 1.54) is 25.3 Å². The Morgan fingerprint density at radius 1 is 1.10 bits per heavy atom. The summed E-state index contributed by atoms with van der Waals surface area (Å²) in [7, 11) is 0. The van der Waals surface area contributed by atoms with Crippen molar-refractivity contribution in [3.63, 3.8) is 0 Å². The molecule has 1 aliphatic rings. The highest BCUT2D eigenvalue weighted by Gasteiger charge is 2.46. The van der Waals surface area contributed by atoms with Crippen LogP contribution in [0.4, 0.5) is 25.8 Å². The van der Waals surface area contributed by atoms with Crippen molar-refractivity contribution in [2.24, 2.45) is 11.3 Å². The second kappa shape index (κ2) is 8.93. The molecule has 1 saturated carbocycles. The first-order chi connectivity index (χ1) is 13.5. The molecule has 0 amide bonds. The summed E-state index contributed by atoms with van der Waals surface area (Å²) in [6.45, 7) is 10.8. The molecule has 3 rings (SSSR count). The van der Waals surface area contributed by atoms with Gasteiger partial charge in [-0.05, 0) is 74.8 Å². The molecule has 1 aliphatic carbocycles. The van der Waals surface area contributed by atoms with Crippen molar-refractivity contribution in [3.05, 3.63) is 53.1 Å². The van der Waals surface area contributed by atoms with Crippen molar-refractivity contribution in [2.75, 3.05) is 11.1 Å². The van der Waals surface area contributed by atoms with Gasteiger partial charge in [0.2, 0.25) is 0 Å². The topological polar surface area (TPSA) is 47.3 Å². The SMILES string of the molecule is C.Cc1cc(F)cc(F)c1Nc1ccc(N)cc1COC(C)(C)C(C)(C)C1CCC1. The number of hydrogen-bond acceptors (Lipinski definition) is 3. The number of hydrogen-bond donors (Lipinski definition) is 2. The number of nitrogens with two attached hydrogens (primary N) is 1. The summed E-state index contributed by atoms with van der Waals surface area (Å²) < 4.78 is 34.2. The molecule has 5 heteroatoms. The lowest BCUT2D eigenvalue weighted by Gasteiger charge is -2.50. The van der Waals surface area contributed by atoms with Gasteiger partial charge in [0.15, 0.2) is 0 Å². The van der Waals surface area contributed by atoms with E-state index in [2.05, 4.69) is 33.0 Å². The molecule has 3 nitrogen and oxygen atoms in total. The first-order valence-electron chi connectivity index (χ1n) is 10.3. The van der Waals surface area contributed by atoms with E-state index in [1.807, 2.05) is 6.07 Å². The van der Waals surface area contributed by atoms with E-state index >= 15 is 0 Å². The lowest BCUT2D eigenvalue weighted by atomic mass is 9.60. The van der Waals surface area contributed by atoms with Gasteiger partial charge in [0, 0.05) is 23.0 Å². The van der Waals surface area contributed by atoms with Gasteiger partial charge in [-0.15, -0.1) is 0 Å². The average Bonchev–Trinajstić information content (AvgIpc) is 2.55. The Hall–Kier alpha value is -2.14. The minimum absolute atomic E-state index is 0. The predicted octanol–water partition coefficient (Wildman–Crippen LogP) is 7.36. The normalized spacial score (nSPS) is 14.8. The lowest BCUT2D eigenvalue weighted by molar-refractivity contribution is -0.141. The molecule has 2 aromatic rings. The second-order valence-corrected chi connectivity index (χ2v) is 9.27. The maximum atomic E-state index is 14.3. The van der Waals surface area contributed by atoms with Gasteiger partial charge in [-0.25, -0.2) is 8.78 Å². The molecule has 0 aliphatic heterocycles. The van der Waals surface area contributed by atoms with Crippen LogP contribution in [0.1, 0.15) is 65.5 Å². The van der Waals surface area contributed by atoms with E-state index in [1.54, 1.807) is 19.1 Å². The molecule has 0 unspecified atom stereocenters. The molecule has 2 aromatic carbocycles. The first-order valence-corrected chi connectivity index (χ1v) is 10.3. The highest BCUT2D eigenvalue weighted by atomic mass is 19.1. The highest BCUT2D eigenvalue weighted by molar-refractivity contribution is 5.68. The highest BCUT2D eigenvalue weighted by Crippen LogP contribution is 2.49. The van der Waals surface area contributed by atoms with Gasteiger partial charge in [-0.3, -0.25) is 0 Å². The number of ether oxygens (including phenoxy) is 1. The number of benzene rings is 2. The molecule has 0 radical (unpaired) electrons. The fourth-order valence-corrected chi connectivity index (χ4v) is 3.92. The van der Waals surface area contributed by atoms with Gasteiger partial charge in [-0.1, -0.05) is 27.7 Å². The van der Waals surface area contributed by atoms with Crippen molar-refractivity contribution < 1.29 is 13.5 Å². The third kappa shape index (κ3) is 4.77. The zero-order valence-corrected chi connectivity index (χ0v) is 18.0.